The van der Waals surface area contributed by atoms with Crippen LogP contribution in [0.2, 0.25) is 0 Å². The van der Waals surface area contributed by atoms with E-state index in [4.69, 9.17) is 4.74 Å². The summed E-state index contributed by atoms with van der Waals surface area (Å²) in [6.45, 7) is 2.11. The van der Waals surface area contributed by atoms with Crippen LogP contribution in [-0.2, 0) is 25.8 Å². The Morgan fingerprint density at radius 1 is 0.935 bits per heavy atom. The number of hydrogen-bond donors (Lipinski definition) is 1. The van der Waals surface area contributed by atoms with Crippen molar-refractivity contribution in [1.29, 1.82) is 0 Å². The summed E-state index contributed by atoms with van der Waals surface area (Å²) in [6.07, 6.45) is 5.26. The van der Waals surface area contributed by atoms with Crippen LogP contribution in [0.25, 0.3) is 0 Å². The van der Waals surface area contributed by atoms with Crippen LogP contribution >= 0.6 is 0 Å². The van der Waals surface area contributed by atoms with Crippen LogP contribution < -0.4 is 4.74 Å². The molecule has 158 valence electrons. The molecule has 0 bridgehead atoms. The smallest absolute Gasteiger partial charge is 0.335 e. The number of likely N-dealkylation sites (tertiary alicyclic amines) is 1. The molecule has 1 N–H and O–H groups in total. The van der Waals surface area contributed by atoms with Crippen molar-refractivity contribution < 1.29 is 14.6 Å². The van der Waals surface area contributed by atoms with Gasteiger partial charge in [0, 0.05) is 12.6 Å². The lowest BCUT2D eigenvalue weighted by atomic mass is 10.0. The number of carboxylic acid groups (broad SMARTS) is 1. The van der Waals surface area contributed by atoms with Crippen molar-refractivity contribution in [2.24, 2.45) is 0 Å². The molecule has 2 aliphatic rings. The molecule has 2 heterocycles. The zero-order chi connectivity index (χ0) is 21.2. The number of carboxylic acids is 1. The SMILES string of the molecule is O=C(O)c1ccc2c(c1)CCc1cc(CN3CCCC3Cc3ccccc3)ccc1O2. The summed E-state index contributed by atoms with van der Waals surface area (Å²) < 4.78 is 6.16. The highest BCUT2D eigenvalue weighted by atomic mass is 16.5. The molecule has 1 atom stereocenters. The highest BCUT2D eigenvalue weighted by Crippen LogP contribution is 2.35. The van der Waals surface area contributed by atoms with Gasteiger partial charge in [-0.25, -0.2) is 4.79 Å². The number of aromatic carboxylic acids is 1. The summed E-state index contributed by atoms with van der Waals surface area (Å²) in [6, 6.07) is 23.0. The van der Waals surface area contributed by atoms with E-state index in [-0.39, 0.29) is 0 Å². The van der Waals surface area contributed by atoms with Crippen molar-refractivity contribution in [2.45, 2.75) is 44.7 Å². The topological polar surface area (TPSA) is 49.8 Å². The van der Waals surface area contributed by atoms with E-state index < -0.39 is 5.97 Å². The molecule has 4 nitrogen and oxygen atoms in total. The molecule has 0 amide bonds. The van der Waals surface area contributed by atoms with Crippen LogP contribution in [-0.4, -0.2) is 28.6 Å². The molecule has 1 unspecified atom stereocenters. The Kier molecular flexibility index (Phi) is 5.47. The molecule has 0 spiro atoms. The van der Waals surface area contributed by atoms with E-state index in [0.29, 0.717) is 11.6 Å². The Balaban J connectivity index is 1.31. The van der Waals surface area contributed by atoms with E-state index in [1.54, 1.807) is 18.2 Å². The maximum absolute atomic E-state index is 11.3. The number of hydrogen-bond acceptors (Lipinski definition) is 3. The fourth-order valence-corrected chi connectivity index (χ4v) is 4.88. The number of benzene rings is 3. The summed E-state index contributed by atoms with van der Waals surface area (Å²) in [5, 5.41) is 9.27. The first-order valence-electron chi connectivity index (χ1n) is 11.1. The number of carbonyl (C=O) groups is 1. The third kappa shape index (κ3) is 4.35. The molecular weight excluding hydrogens is 386 g/mol. The van der Waals surface area contributed by atoms with Crippen molar-refractivity contribution >= 4 is 5.97 Å². The molecule has 5 rings (SSSR count). The van der Waals surface area contributed by atoms with Gasteiger partial charge < -0.3 is 9.84 Å². The minimum absolute atomic E-state index is 0.312. The van der Waals surface area contributed by atoms with Crippen molar-refractivity contribution in [2.75, 3.05) is 6.54 Å². The molecule has 0 saturated carbocycles. The van der Waals surface area contributed by atoms with Crippen molar-refractivity contribution in [3.8, 4) is 11.5 Å². The molecule has 1 fully saturated rings. The van der Waals surface area contributed by atoms with Crippen LogP contribution in [0.4, 0.5) is 0 Å². The number of nitrogens with zero attached hydrogens (tertiary/aromatic N) is 1. The molecule has 3 aromatic carbocycles. The Morgan fingerprint density at radius 3 is 2.45 bits per heavy atom. The van der Waals surface area contributed by atoms with Gasteiger partial charge in [-0.3, -0.25) is 4.90 Å². The Hall–Kier alpha value is -3.11. The van der Waals surface area contributed by atoms with Crippen LogP contribution in [0.1, 0.15) is 45.5 Å². The molecule has 0 aromatic heterocycles. The highest BCUT2D eigenvalue weighted by molar-refractivity contribution is 5.88. The molecule has 3 aromatic rings. The van der Waals surface area contributed by atoms with Crippen LogP contribution in [0.3, 0.4) is 0 Å². The van der Waals surface area contributed by atoms with Crippen LogP contribution in [0, 0.1) is 0 Å². The van der Waals surface area contributed by atoms with Gasteiger partial charge in [0.15, 0.2) is 0 Å². The van der Waals surface area contributed by atoms with Crippen molar-refractivity contribution in [1.82, 2.24) is 4.90 Å². The average molecular weight is 414 g/mol. The van der Waals surface area contributed by atoms with Gasteiger partial charge in [-0.2, -0.15) is 0 Å². The van der Waals surface area contributed by atoms with E-state index in [0.717, 1.165) is 49.4 Å². The first-order chi connectivity index (χ1) is 15.2. The lowest BCUT2D eigenvalue weighted by Gasteiger charge is -2.25. The summed E-state index contributed by atoms with van der Waals surface area (Å²) in [7, 11) is 0. The fourth-order valence-electron chi connectivity index (χ4n) is 4.88. The van der Waals surface area contributed by atoms with Gasteiger partial charge in [0.1, 0.15) is 11.5 Å². The molecular formula is C27H27NO3. The molecule has 1 saturated heterocycles. The third-order valence-corrected chi connectivity index (χ3v) is 6.51. The average Bonchev–Trinajstić information content (AvgIpc) is 3.12. The Bertz CT molecular complexity index is 1090. The Morgan fingerprint density at radius 2 is 1.68 bits per heavy atom. The minimum atomic E-state index is -0.900. The van der Waals surface area contributed by atoms with Gasteiger partial charge in [0.05, 0.1) is 5.56 Å². The highest BCUT2D eigenvalue weighted by Gasteiger charge is 2.25. The van der Waals surface area contributed by atoms with E-state index in [9.17, 15) is 9.90 Å². The summed E-state index contributed by atoms with van der Waals surface area (Å²) >= 11 is 0. The first-order valence-corrected chi connectivity index (χ1v) is 11.1. The summed E-state index contributed by atoms with van der Waals surface area (Å²) in [5.41, 5.74) is 5.20. The number of ether oxygens (including phenoxy) is 1. The monoisotopic (exact) mass is 413 g/mol. The second-order valence-corrected chi connectivity index (χ2v) is 8.63. The lowest BCUT2D eigenvalue weighted by molar-refractivity contribution is 0.0696. The zero-order valence-electron chi connectivity index (χ0n) is 17.6. The van der Waals surface area contributed by atoms with Gasteiger partial charge in [-0.1, -0.05) is 42.5 Å². The third-order valence-electron chi connectivity index (χ3n) is 6.51. The standard InChI is InChI=1S/C27H27NO3/c29-27(30)23-11-13-26-22(17-23)10-9-21-15-20(8-12-25(21)31-26)18-28-14-4-7-24(28)16-19-5-2-1-3-6-19/h1-3,5-6,8,11-13,15,17,24H,4,7,9-10,14,16,18H2,(H,29,30). The molecule has 31 heavy (non-hydrogen) atoms. The molecule has 0 radical (unpaired) electrons. The van der Waals surface area contributed by atoms with Crippen molar-refractivity contribution in [3.05, 3.63) is 94.5 Å². The number of aryl methyl sites for hydroxylation is 2. The predicted molar refractivity (Wildman–Crippen MR) is 121 cm³/mol. The number of fused-ring (bicyclic) bond motifs is 2. The molecule has 0 aliphatic carbocycles. The van der Waals surface area contributed by atoms with Crippen molar-refractivity contribution in [3.63, 3.8) is 0 Å². The maximum Gasteiger partial charge on any atom is 0.335 e. The zero-order valence-corrected chi connectivity index (χ0v) is 17.6. The minimum Gasteiger partial charge on any atom is -0.478 e. The molecule has 4 heteroatoms. The number of rotatable bonds is 5. The lowest BCUT2D eigenvalue weighted by Crippen LogP contribution is -2.30. The van der Waals surface area contributed by atoms with Gasteiger partial charge in [-0.05, 0) is 85.2 Å². The van der Waals surface area contributed by atoms with E-state index in [2.05, 4.69) is 53.4 Å². The fraction of sp³-hybridized carbons (Fsp3) is 0.296. The quantitative estimate of drug-likeness (QED) is 0.601. The summed E-state index contributed by atoms with van der Waals surface area (Å²) in [5.74, 6) is 0.745. The van der Waals surface area contributed by atoms with Crippen LogP contribution in [0.5, 0.6) is 11.5 Å². The molecule has 2 aliphatic heterocycles. The second kappa shape index (κ2) is 8.56. The van der Waals surface area contributed by atoms with Gasteiger partial charge in [0.25, 0.3) is 0 Å². The predicted octanol–water partition coefficient (Wildman–Crippen LogP) is 5.48. The van der Waals surface area contributed by atoms with Gasteiger partial charge in [-0.15, -0.1) is 0 Å². The second-order valence-electron chi connectivity index (χ2n) is 8.63. The Labute approximate surface area is 183 Å². The largest absolute Gasteiger partial charge is 0.478 e. The first kappa shape index (κ1) is 19.8. The van der Waals surface area contributed by atoms with E-state index >= 15 is 0 Å². The van der Waals surface area contributed by atoms with Crippen LogP contribution in [0.15, 0.2) is 66.7 Å². The maximum atomic E-state index is 11.3. The van der Waals surface area contributed by atoms with Gasteiger partial charge >= 0.3 is 5.97 Å². The van der Waals surface area contributed by atoms with Gasteiger partial charge in [0.2, 0.25) is 0 Å². The summed E-state index contributed by atoms with van der Waals surface area (Å²) in [4.78, 5) is 13.9. The van der Waals surface area contributed by atoms with E-state index in [1.807, 2.05) is 0 Å². The normalized spacial score (nSPS) is 18.0. The van der Waals surface area contributed by atoms with E-state index in [1.165, 1.54) is 29.5 Å².